The third-order valence-corrected chi connectivity index (χ3v) is 6.04. The van der Waals surface area contributed by atoms with E-state index in [1.165, 1.54) is 17.7 Å². The molecule has 0 unspecified atom stereocenters. The summed E-state index contributed by atoms with van der Waals surface area (Å²) >= 11 is 0. The first kappa shape index (κ1) is 23.2. The molecule has 2 aliphatic heterocycles. The average molecular weight is 455 g/mol. The summed E-state index contributed by atoms with van der Waals surface area (Å²) in [5, 5.41) is 2.77. The number of carbonyl (C=O) groups is 2. The topological polar surface area (TPSA) is 67.9 Å². The lowest BCUT2D eigenvalue weighted by atomic mass is 9.87. The van der Waals surface area contributed by atoms with E-state index >= 15 is 0 Å². The molecule has 6 nitrogen and oxygen atoms in total. The zero-order valence-electron chi connectivity index (χ0n) is 19.3. The Morgan fingerprint density at radius 2 is 1.88 bits per heavy atom. The van der Waals surface area contributed by atoms with Crippen molar-refractivity contribution >= 4 is 12.0 Å². The van der Waals surface area contributed by atoms with Gasteiger partial charge >= 0.3 is 6.09 Å². The number of ether oxygens (including phenoxy) is 2. The molecule has 7 heteroatoms. The molecule has 2 amide bonds. The third kappa shape index (κ3) is 5.53. The van der Waals surface area contributed by atoms with Crippen molar-refractivity contribution in [1.29, 1.82) is 0 Å². The second-order valence-corrected chi connectivity index (χ2v) is 9.74. The van der Waals surface area contributed by atoms with Gasteiger partial charge in [-0.05, 0) is 62.4 Å². The zero-order valence-corrected chi connectivity index (χ0v) is 19.3. The maximum absolute atomic E-state index is 13.6. The number of fused-ring (bicyclic) bond motifs is 1. The summed E-state index contributed by atoms with van der Waals surface area (Å²) in [6.45, 7) is 6.80. The SMILES string of the molecule is CC(C)(C)OC(=O)NC[C@@H]1CO[C@@H](C(=O)N2CCc3ccccc3[C@@H]2c2ccc(F)cc2)C1. The maximum Gasteiger partial charge on any atom is 0.407 e. The summed E-state index contributed by atoms with van der Waals surface area (Å²) in [7, 11) is 0. The molecule has 0 saturated carbocycles. The van der Waals surface area contributed by atoms with Gasteiger partial charge in [0.25, 0.3) is 5.91 Å². The zero-order chi connectivity index (χ0) is 23.6. The summed E-state index contributed by atoms with van der Waals surface area (Å²) in [5.74, 6) is -0.341. The van der Waals surface area contributed by atoms with Crippen LogP contribution in [0.4, 0.5) is 9.18 Å². The number of halogens is 1. The van der Waals surface area contributed by atoms with Crippen LogP contribution in [0.25, 0.3) is 0 Å². The van der Waals surface area contributed by atoms with Crippen molar-refractivity contribution in [2.24, 2.45) is 5.92 Å². The standard InChI is InChI=1S/C26H31FN2O4/c1-26(2,3)33-25(31)28-15-17-14-22(32-16-17)24(30)29-13-12-18-6-4-5-7-21(18)23(29)19-8-10-20(27)11-9-19/h4-11,17,22-23H,12-16H2,1-3H3,(H,28,31)/t17-,22-,23+/m1/s1. The molecular formula is C26H31FN2O4. The van der Waals surface area contributed by atoms with E-state index in [1.54, 1.807) is 12.1 Å². The third-order valence-electron chi connectivity index (χ3n) is 6.04. The molecule has 2 aliphatic rings. The van der Waals surface area contributed by atoms with E-state index in [1.807, 2.05) is 43.9 Å². The summed E-state index contributed by atoms with van der Waals surface area (Å²) in [6.07, 6.45) is 0.253. The maximum atomic E-state index is 13.6. The Labute approximate surface area is 194 Å². The highest BCUT2D eigenvalue weighted by Crippen LogP contribution is 2.36. The van der Waals surface area contributed by atoms with E-state index in [0.29, 0.717) is 26.1 Å². The van der Waals surface area contributed by atoms with E-state index in [0.717, 1.165) is 17.5 Å². The Kier molecular flexibility index (Phi) is 6.70. The molecule has 2 aromatic carbocycles. The molecule has 0 bridgehead atoms. The van der Waals surface area contributed by atoms with Gasteiger partial charge in [-0.3, -0.25) is 4.79 Å². The van der Waals surface area contributed by atoms with Crippen molar-refractivity contribution in [3.05, 3.63) is 71.0 Å². The van der Waals surface area contributed by atoms with Gasteiger partial charge in [0.2, 0.25) is 0 Å². The lowest BCUT2D eigenvalue weighted by Crippen LogP contribution is -2.45. The van der Waals surface area contributed by atoms with Gasteiger partial charge in [-0.15, -0.1) is 0 Å². The summed E-state index contributed by atoms with van der Waals surface area (Å²) < 4.78 is 24.7. The molecule has 3 atom stereocenters. The summed E-state index contributed by atoms with van der Waals surface area (Å²) in [5.41, 5.74) is 2.57. The van der Waals surface area contributed by atoms with Crippen LogP contribution in [0.1, 0.15) is 49.9 Å². The Balaban J connectivity index is 1.46. The molecule has 33 heavy (non-hydrogen) atoms. The highest BCUT2D eigenvalue weighted by atomic mass is 19.1. The van der Waals surface area contributed by atoms with Gasteiger partial charge in [0.05, 0.1) is 12.6 Å². The van der Waals surface area contributed by atoms with Crippen LogP contribution in [0.3, 0.4) is 0 Å². The fourth-order valence-corrected chi connectivity index (χ4v) is 4.54. The van der Waals surface area contributed by atoms with E-state index in [4.69, 9.17) is 9.47 Å². The van der Waals surface area contributed by atoms with Crippen LogP contribution in [0.2, 0.25) is 0 Å². The summed E-state index contributed by atoms with van der Waals surface area (Å²) in [4.78, 5) is 27.3. The number of hydrogen-bond donors (Lipinski definition) is 1. The minimum Gasteiger partial charge on any atom is -0.444 e. The minimum absolute atomic E-state index is 0.0350. The van der Waals surface area contributed by atoms with Crippen LogP contribution >= 0.6 is 0 Å². The van der Waals surface area contributed by atoms with Gasteiger partial charge in [0, 0.05) is 19.0 Å². The van der Waals surface area contributed by atoms with Crippen molar-refractivity contribution < 1.29 is 23.5 Å². The molecule has 0 radical (unpaired) electrons. The predicted molar refractivity (Wildman–Crippen MR) is 122 cm³/mol. The van der Waals surface area contributed by atoms with Gasteiger partial charge in [0.15, 0.2) is 0 Å². The van der Waals surface area contributed by atoms with Crippen molar-refractivity contribution in [3.8, 4) is 0 Å². The fraction of sp³-hybridized carbons (Fsp3) is 0.462. The molecule has 2 heterocycles. The molecule has 2 aromatic rings. The van der Waals surface area contributed by atoms with Gasteiger partial charge < -0.3 is 19.7 Å². The van der Waals surface area contributed by atoms with Gasteiger partial charge in [-0.25, -0.2) is 9.18 Å². The first-order valence-corrected chi connectivity index (χ1v) is 11.4. The number of nitrogens with one attached hydrogen (secondary N) is 1. The predicted octanol–water partition coefficient (Wildman–Crippen LogP) is 4.23. The number of carbonyl (C=O) groups excluding carboxylic acids is 2. The number of hydrogen-bond acceptors (Lipinski definition) is 4. The van der Waals surface area contributed by atoms with Crippen LogP contribution in [0.5, 0.6) is 0 Å². The van der Waals surface area contributed by atoms with Crippen LogP contribution in [-0.2, 0) is 20.7 Å². The molecule has 1 N–H and O–H groups in total. The lowest BCUT2D eigenvalue weighted by molar-refractivity contribution is -0.143. The minimum atomic E-state index is -0.566. The highest BCUT2D eigenvalue weighted by molar-refractivity contribution is 5.82. The Morgan fingerprint density at radius 3 is 2.61 bits per heavy atom. The van der Waals surface area contributed by atoms with Crippen LogP contribution in [0, 0.1) is 11.7 Å². The molecule has 0 spiro atoms. The van der Waals surface area contributed by atoms with Gasteiger partial charge in [0.1, 0.15) is 17.5 Å². The Hall–Kier alpha value is -2.93. The van der Waals surface area contributed by atoms with Crippen molar-refractivity contribution in [2.75, 3.05) is 19.7 Å². The smallest absolute Gasteiger partial charge is 0.407 e. The van der Waals surface area contributed by atoms with Crippen molar-refractivity contribution in [3.63, 3.8) is 0 Å². The number of amides is 2. The van der Waals surface area contributed by atoms with Gasteiger partial charge in [-0.1, -0.05) is 36.4 Å². The number of benzene rings is 2. The van der Waals surface area contributed by atoms with E-state index in [2.05, 4.69) is 11.4 Å². The monoisotopic (exact) mass is 454 g/mol. The Bertz CT molecular complexity index is 1000. The highest BCUT2D eigenvalue weighted by Gasteiger charge is 2.39. The van der Waals surface area contributed by atoms with Crippen LogP contribution in [0.15, 0.2) is 48.5 Å². The quantitative estimate of drug-likeness (QED) is 0.751. The van der Waals surface area contributed by atoms with E-state index in [9.17, 15) is 14.0 Å². The van der Waals surface area contributed by atoms with E-state index < -0.39 is 17.8 Å². The molecular weight excluding hydrogens is 423 g/mol. The summed E-state index contributed by atoms with van der Waals surface area (Å²) in [6, 6.07) is 14.1. The van der Waals surface area contributed by atoms with E-state index in [-0.39, 0.29) is 23.7 Å². The molecule has 0 aromatic heterocycles. The average Bonchev–Trinajstić information content (AvgIpc) is 3.25. The molecule has 4 rings (SSSR count). The largest absolute Gasteiger partial charge is 0.444 e. The van der Waals surface area contributed by atoms with Crippen LogP contribution in [-0.4, -0.2) is 48.3 Å². The van der Waals surface area contributed by atoms with Crippen LogP contribution < -0.4 is 5.32 Å². The first-order valence-electron chi connectivity index (χ1n) is 11.4. The number of nitrogens with zero attached hydrogens (tertiary/aromatic N) is 1. The lowest BCUT2D eigenvalue weighted by Gasteiger charge is -2.39. The molecule has 1 saturated heterocycles. The first-order chi connectivity index (χ1) is 15.7. The molecule has 1 fully saturated rings. The van der Waals surface area contributed by atoms with Gasteiger partial charge in [-0.2, -0.15) is 0 Å². The number of rotatable bonds is 4. The Morgan fingerprint density at radius 1 is 1.15 bits per heavy atom. The second kappa shape index (κ2) is 9.51. The normalized spacial score (nSPS) is 22.5. The second-order valence-electron chi connectivity index (χ2n) is 9.74. The molecule has 176 valence electrons. The number of alkyl carbamates (subject to hydrolysis) is 1. The fourth-order valence-electron chi connectivity index (χ4n) is 4.54. The molecule has 0 aliphatic carbocycles. The van der Waals surface area contributed by atoms with Crippen molar-refractivity contribution in [1.82, 2.24) is 10.2 Å². The van der Waals surface area contributed by atoms with Crippen molar-refractivity contribution in [2.45, 2.75) is 51.4 Å².